The van der Waals surface area contributed by atoms with Crippen molar-refractivity contribution >= 4 is 28.8 Å². The highest BCUT2D eigenvalue weighted by Crippen LogP contribution is 2.30. The van der Waals surface area contributed by atoms with E-state index in [-0.39, 0.29) is 21.8 Å². The minimum Gasteiger partial charge on any atom is -0.461 e. The first-order chi connectivity index (χ1) is 11.2. The van der Waals surface area contributed by atoms with Gasteiger partial charge in [-0.1, -0.05) is 11.6 Å². The highest BCUT2D eigenvalue weighted by Gasteiger charge is 2.26. The van der Waals surface area contributed by atoms with E-state index in [1.165, 1.54) is 23.2 Å². The molecule has 128 valence electrons. The summed E-state index contributed by atoms with van der Waals surface area (Å²) >= 11 is 5.77. The average molecular weight is 356 g/mol. The van der Waals surface area contributed by atoms with Crippen LogP contribution in [0.3, 0.4) is 0 Å². The Morgan fingerprint density at radius 1 is 1.29 bits per heavy atom. The number of allylic oxidation sites excluding steroid dienone is 2. The van der Waals surface area contributed by atoms with Gasteiger partial charge >= 0.3 is 11.7 Å². The molecule has 0 saturated carbocycles. The van der Waals surface area contributed by atoms with Gasteiger partial charge < -0.3 is 9.64 Å². The Balaban J connectivity index is 3.64. The summed E-state index contributed by atoms with van der Waals surface area (Å²) in [5.41, 5.74) is -1.05. The summed E-state index contributed by atoms with van der Waals surface area (Å²) in [6, 6.07) is 3.88. The number of hydrogen-bond donors (Lipinski definition) is 0. The van der Waals surface area contributed by atoms with Gasteiger partial charge in [-0.2, -0.15) is 0 Å². The molecule has 0 aromatic heterocycles. The van der Waals surface area contributed by atoms with E-state index in [1.807, 2.05) is 0 Å². The summed E-state index contributed by atoms with van der Waals surface area (Å²) < 4.78 is 4.37. The molecule has 0 fully saturated rings. The quantitative estimate of drug-likeness (QED) is 0.253. The number of ether oxygens (including phenoxy) is 1. The summed E-state index contributed by atoms with van der Waals surface area (Å²) in [7, 11) is 4.25. The topological polar surface area (TPSA) is 116 Å². The Bertz CT molecular complexity index is 742. The van der Waals surface area contributed by atoms with Crippen LogP contribution in [0.15, 0.2) is 36.2 Å². The number of methoxy groups -OCH3 is 1. The van der Waals surface area contributed by atoms with E-state index in [9.17, 15) is 25.0 Å². The molecule has 0 spiro atoms. The van der Waals surface area contributed by atoms with Crippen LogP contribution in [0.25, 0.3) is 5.57 Å². The number of carbonyl (C=O) groups excluding carboxylic acids is 1. The average Bonchev–Trinajstić information content (AvgIpc) is 2.49. The lowest BCUT2D eigenvalue weighted by atomic mass is 10.0. The highest BCUT2D eigenvalue weighted by molar-refractivity contribution is 6.30. The van der Waals surface area contributed by atoms with Crippen molar-refractivity contribution in [2.24, 2.45) is 0 Å². The predicted molar refractivity (Wildman–Crippen MR) is 86.9 cm³/mol. The second-order valence-corrected chi connectivity index (χ2v) is 5.18. The third kappa shape index (κ3) is 4.78. The molecule has 24 heavy (non-hydrogen) atoms. The van der Waals surface area contributed by atoms with Crippen LogP contribution >= 0.6 is 11.6 Å². The molecule has 10 heteroatoms. The molecule has 0 aliphatic heterocycles. The fraction of sp³-hybridized carbons (Fsp3) is 0.214. The van der Waals surface area contributed by atoms with Crippen molar-refractivity contribution < 1.29 is 19.4 Å². The van der Waals surface area contributed by atoms with Gasteiger partial charge in [0.05, 0.1) is 22.5 Å². The van der Waals surface area contributed by atoms with E-state index in [0.29, 0.717) is 0 Å². The van der Waals surface area contributed by atoms with Crippen molar-refractivity contribution in [1.82, 2.24) is 4.90 Å². The molecule has 0 saturated heterocycles. The first-order valence-corrected chi connectivity index (χ1v) is 6.82. The first kappa shape index (κ1) is 19.1. The van der Waals surface area contributed by atoms with E-state index >= 15 is 0 Å². The molecule has 0 aliphatic rings. The zero-order valence-electron chi connectivity index (χ0n) is 13.1. The Morgan fingerprint density at radius 3 is 2.38 bits per heavy atom. The van der Waals surface area contributed by atoms with E-state index in [1.54, 1.807) is 14.1 Å². The normalized spacial score (nSPS) is 11.8. The number of nitrogens with zero attached hydrogens (tertiary/aromatic N) is 3. The van der Waals surface area contributed by atoms with Gasteiger partial charge in [0.15, 0.2) is 0 Å². The molecule has 9 nitrogen and oxygen atoms in total. The minimum atomic E-state index is -1.17. The molecular formula is C14H14ClN3O6. The zero-order valence-corrected chi connectivity index (χ0v) is 13.8. The number of esters is 1. The van der Waals surface area contributed by atoms with Gasteiger partial charge in [0.1, 0.15) is 0 Å². The van der Waals surface area contributed by atoms with Crippen LogP contribution in [0.4, 0.5) is 5.69 Å². The summed E-state index contributed by atoms with van der Waals surface area (Å²) in [6.45, 7) is 0. The lowest BCUT2D eigenvalue weighted by Gasteiger charge is -2.10. The molecule has 0 atom stereocenters. The molecule has 1 rings (SSSR count). The lowest BCUT2D eigenvalue weighted by molar-refractivity contribution is -0.421. The third-order valence-electron chi connectivity index (χ3n) is 2.75. The van der Waals surface area contributed by atoms with Crippen LogP contribution in [-0.2, 0) is 9.53 Å². The fourth-order valence-corrected chi connectivity index (χ4v) is 1.97. The monoisotopic (exact) mass is 355 g/mol. The molecule has 0 radical (unpaired) electrons. The van der Waals surface area contributed by atoms with Crippen molar-refractivity contribution in [3.05, 3.63) is 67.0 Å². The van der Waals surface area contributed by atoms with Gasteiger partial charge in [0.25, 0.3) is 5.69 Å². The highest BCUT2D eigenvalue weighted by atomic mass is 35.5. The second kappa shape index (κ2) is 8.06. The minimum absolute atomic E-state index is 0.0707. The molecule has 0 aliphatic carbocycles. The maximum absolute atomic E-state index is 11.6. The van der Waals surface area contributed by atoms with E-state index in [2.05, 4.69) is 4.74 Å². The van der Waals surface area contributed by atoms with Crippen molar-refractivity contribution in [2.75, 3.05) is 21.2 Å². The zero-order chi connectivity index (χ0) is 18.4. The number of rotatable bonds is 6. The van der Waals surface area contributed by atoms with Crippen LogP contribution in [0, 0.1) is 20.2 Å². The molecule has 0 unspecified atom stereocenters. The smallest absolute Gasteiger partial charge is 0.409 e. The van der Waals surface area contributed by atoms with Crippen molar-refractivity contribution in [3.8, 4) is 0 Å². The number of nitro benzene ring substituents is 1. The van der Waals surface area contributed by atoms with E-state index in [4.69, 9.17) is 11.6 Å². The van der Waals surface area contributed by atoms with Crippen LogP contribution in [0.5, 0.6) is 0 Å². The number of nitro groups is 2. The third-order valence-corrected chi connectivity index (χ3v) is 2.98. The van der Waals surface area contributed by atoms with Crippen molar-refractivity contribution in [2.45, 2.75) is 0 Å². The fourth-order valence-electron chi connectivity index (χ4n) is 1.80. The van der Waals surface area contributed by atoms with Gasteiger partial charge in [-0.15, -0.1) is 0 Å². The Labute approximate surface area is 142 Å². The molecule has 0 amide bonds. The summed E-state index contributed by atoms with van der Waals surface area (Å²) in [4.78, 5) is 33.8. The molecule has 0 heterocycles. The second-order valence-electron chi connectivity index (χ2n) is 4.74. The van der Waals surface area contributed by atoms with Crippen LogP contribution in [0.1, 0.15) is 5.56 Å². The number of benzene rings is 1. The van der Waals surface area contributed by atoms with Crippen molar-refractivity contribution in [1.29, 1.82) is 0 Å². The molecule has 1 aromatic rings. The van der Waals surface area contributed by atoms with Crippen LogP contribution < -0.4 is 0 Å². The van der Waals surface area contributed by atoms with Gasteiger partial charge in [-0.25, -0.2) is 4.79 Å². The molecular weight excluding hydrogens is 342 g/mol. The largest absolute Gasteiger partial charge is 0.461 e. The standard InChI is InChI=1S/C14H14ClN3O6/c1-16(2)8-9(6-13(18(22)23)14(19)24-3)11-5-4-10(15)7-12(11)17(20)21/h4-8H,1-3H3/b9-8-,13-6-. The summed E-state index contributed by atoms with van der Waals surface area (Å²) in [6.07, 6.45) is 2.32. The predicted octanol–water partition coefficient (Wildman–Crippen LogP) is 2.48. The summed E-state index contributed by atoms with van der Waals surface area (Å²) in [5, 5.41) is 22.4. The summed E-state index contributed by atoms with van der Waals surface area (Å²) in [5.74, 6) is -1.17. The first-order valence-electron chi connectivity index (χ1n) is 6.44. The Hall–Kier alpha value is -2.94. The van der Waals surface area contributed by atoms with E-state index < -0.39 is 21.5 Å². The Kier molecular flexibility index (Phi) is 6.42. The maximum Gasteiger partial charge on any atom is 0.409 e. The number of carbonyl (C=O) groups is 1. The molecule has 0 bridgehead atoms. The number of hydrogen-bond acceptors (Lipinski definition) is 7. The van der Waals surface area contributed by atoms with Crippen molar-refractivity contribution in [3.63, 3.8) is 0 Å². The van der Waals surface area contributed by atoms with Crippen LogP contribution in [0.2, 0.25) is 5.02 Å². The van der Waals surface area contributed by atoms with Gasteiger partial charge in [0, 0.05) is 43.0 Å². The maximum atomic E-state index is 11.6. The lowest BCUT2D eigenvalue weighted by Crippen LogP contribution is -2.13. The van der Waals surface area contributed by atoms with E-state index in [0.717, 1.165) is 19.3 Å². The van der Waals surface area contributed by atoms with Crippen LogP contribution in [-0.4, -0.2) is 41.9 Å². The number of halogens is 1. The molecule has 0 N–H and O–H groups in total. The van der Waals surface area contributed by atoms with Gasteiger partial charge in [-0.3, -0.25) is 20.2 Å². The molecule has 1 aromatic carbocycles. The van der Waals surface area contributed by atoms with Gasteiger partial charge in [0.2, 0.25) is 0 Å². The SMILES string of the molecule is COC(=O)/C(=C/C(=C/N(C)C)c1ccc(Cl)cc1[N+](=O)[O-])[N+](=O)[O-]. The van der Waals surface area contributed by atoms with Gasteiger partial charge in [-0.05, 0) is 12.1 Å². The Morgan fingerprint density at radius 2 is 1.92 bits per heavy atom.